The van der Waals surface area contributed by atoms with Crippen molar-refractivity contribution in [2.24, 2.45) is 5.92 Å². The van der Waals surface area contributed by atoms with Gasteiger partial charge >= 0.3 is 0 Å². The van der Waals surface area contributed by atoms with Crippen molar-refractivity contribution in [1.82, 2.24) is 14.8 Å². The third-order valence-corrected chi connectivity index (χ3v) is 5.69. The molecule has 116 valence electrons. The van der Waals surface area contributed by atoms with Crippen LogP contribution >= 0.6 is 0 Å². The van der Waals surface area contributed by atoms with Crippen LogP contribution in [0.1, 0.15) is 30.7 Å². The van der Waals surface area contributed by atoms with Crippen LogP contribution in [0.3, 0.4) is 0 Å². The standard InChI is InChI=1S/C13H19N3O4S/c1-8-13(9(2)20-15-8)21(18,19)14-6-10-5-12(17)16(7-10)11-3-4-11/h10-11,14H,3-7H2,1-2H3. The monoisotopic (exact) mass is 313 g/mol. The fourth-order valence-corrected chi connectivity index (χ4v) is 4.28. The summed E-state index contributed by atoms with van der Waals surface area (Å²) >= 11 is 0. The summed E-state index contributed by atoms with van der Waals surface area (Å²) in [6.07, 6.45) is 2.56. The normalized spacial score (nSPS) is 23.0. The molecule has 0 spiro atoms. The van der Waals surface area contributed by atoms with E-state index in [4.69, 9.17) is 4.52 Å². The molecule has 1 saturated carbocycles. The van der Waals surface area contributed by atoms with Crippen molar-refractivity contribution in [3.8, 4) is 0 Å². The topological polar surface area (TPSA) is 92.5 Å². The van der Waals surface area contributed by atoms with E-state index in [0.717, 1.165) is 12.8 Å². The van der Waals surface area contributed by atoms with Crippen LogP contribution in [0.15, 0.2) is 9.42 Å². The van der Waals surface area contributed by atoms with E-state index < -0.39 is 10.0 Å². The first kappa shape index (κ1) is 14.5. The number of likely N-dealkylation sites (tertiary alicyclic amines) is 1. The van der Waals surface area contributed by atoms with Gasteiger partial charge in [0.2, 0.25) is 15.9 Å². The Hall–Kier alpha value is -1.41. The van der Waals surface area contributed by atoms with E-state index in [-0.39, 0.29) is 29.0 Å². The highest BCUT2D eigenvalue weighted by Gasteiger charge is 2.39. The summed E-state index contributed by atoms with van der Waals surface area (Å²) in [5.41, 5.74) is 0.349. The predicted octanol–water partition coefficient (Wildman–Crippen LogP) is 0.581. The molecular formula is C13H19N3O4S. The minimum atomic E-state index is -3.64. The number of carbonyl (C=O) groups excluding carboxylic acids is 1. The number of nitrogens with zero attached hydrogens (tertiary/aromatic N) is 2. The van der Waals surface area contributed by atoms with Crippen molar-refractivity contribution in [3.63, 3.8) is 0 Å². The Morgan fingerprint density at radius 2 is 2.10 bits per heavy atom. The van der Waals surface area contributed by atoms with Gasteiger partial charge in [0.15, 0.2) is 5.76 Å². The van der Waals surface area contributed by atoms with E-state index in [0.29, 0.717) is 24.7 Å². The van der Waals surface area contributed by atoms with E-state index in [1.54, 1.807) is 13.8 Å². The van der Waals surface area contributed by atoms with Gasteiger partial charge < -0.3 is 9.42 Å². The lowest BCUT2D eigenvalue weighted by Crippen LogP contribution is -2.32. The van der Waals surface area contributed by atoms with E-state index in [1.165, 1.54) is 0 Å². The molecule has 1 aliphatic carbocycles. The third-order valence-electron chi connectivity index (χ3n) is 4.02. The number of hydrogen-bond acceptors (Lipinski definition) is 5. The maximum atomic E-state index is 12.3. The highest BCUT2D eigenvalue weighted by atomic mass is 32.2. The number of carbonyl (C=O) groups is 1. The van der Waals surface area contributed by atoms with Crippen molar-refractivity contribution < 1.29 is 17.7 Å². The lowest BCUT2D eigenvalue weighted by atomic mass is 10.1. The molecule has 1 aliphatic heterocycles. The molecule has 21 heavy (non-hydrogen) atoms. The van der Waals surface area contributed by atoms with Gasteiger partial charge in [-0.25, -0.2) is 13.1 Å². The van der Waals surface area contributed by atoms with Crippen LogP contribution in [0.25, 0.3) is 0 Å². The zero-order valence-electron chi connectivity index (χ0n) is 12.1. The van der Waals surface area contributed by atoms with Crippen LogP contribution in [-0.4, -0.2) is 43.5 Å². The van der Waals surface area contributed by atoms with Gasteiger partial charge in [0.1, 0.15) is 10.6 Å². The van der Waals surface area contributed by atoms with Crippen molar-refractivity contribution in [3.05, 3.63) is 11.5 Å². The number of sulfonamides is 1. The number of hydrogen-bond donors (Lipinski definition) is 1. The van der Waals surface area contributed by atoms with Gasteiger partial charge in [0.25, 0.3) is 0 Å². The molecule has 0 aromatic carbocycles. The summed E-state index contributed by atoms with van der Waals surface area (Å²) in [5, 5.41) is 3.66. The molecule has 1 N–H and O–H groups in total. The first-order valence-electron chi connectivity index (χ1n) is 7.10. The molecule has 1 aromatic heterocycles. The van der Waals surface area contributed by atoms with Gasteiger partial charge in [-0.2, -0.15) is 0 Å². The van der Waals surface area contributed by atoms with E-state index in [2.05, 4.69) is 9.88 Å². The summed E-state index contributed by atoms with van der Waals surface area (Å²) in [6.45, 7) is 4.08. The molecule has 0 radical (unpaired) electrons. The summed E-state index contributed by atoms with van der Waals surface area (Å²) in [7, 11) is -3.64. The second-order valence-corrected chi connectivity index (χ2v) is 7.56. The van der Waals surface area contributed by atoms with Crippen LogP contribution in [0.2, 0.25) is 0 Å². The van der Waals surface area contributed by atoms with Crippen molar-refractivity contribution in [2.45, 2.75) is 44.0 Å². The third kappa shape index (κ3) is 2.82. The molecular weight excluding hydrogens is 294 g/mol. The van der Waals surface area contributed by atoms with Gasteiger partial charge in [-0.15, -0.1) is 0 Å². The highest BCUT2D eigenvalue weighted by Crippen LogP contribution is 2.32. The second-order valence-electron chi connectivity index (χ2n) is 5.85. The Kier molecular flexibility index (Phi) is 3.53. The summed E-state index contributed by atoms with van der Waals surface area (Å²) in [5.74, 6) is 0.453. The van der Waals surface area contributed by atoms with Crippen LogP contribution in [-0.2, 0) is 14.8 Å². The molecule has 1 atom stereocenters. The average molecular weight is 313 g/mol. The Labute approximate surface area is 123 Å². The van der Waals surface area contributed by atoms with Crippen molar-refractivity contribution in [2.75, 3.05) is 13.1 Å². The Morgan fingerprint density at radius 3 is 2.67 bits per heavy atom. The number of rotatable bonds is 5. The number of aromatic nitrogens is 1. The quantitative estimate of drug-likeness (QED) is 0.858. The summed E-state index contributed by atoms with van der Waals surface area (Å²) < 4.78 is 32.1. The molecule has 1 amide bonds. The zero-order chi connectivity index (χ0) is 15.2. The Balaban J connectivity index is 1.64. The molecule has 1 aromatic rings. The maximum Gasteiger partial charge on any atom is 0.245 e. The van der Waals surface area contributed by atoms with Gasteiger partial charge in [-0.3, -0.25) is 4.79 Å². The van der Waals surface area contributed by atoms with Gasteiger partial charge in [-0.1, -0.05) is 5.16 Å². The Bertz CT molecular complexity index is 643. The zero-order valence-corrected chi connectivity index (χ0v) is 12.9. The first-order valence-corrected chi connectivity index (χ1v) is 8.59. The van der Waals surface area contributed by atoms with Gasteiger partial charge in [0.05, 0.1) is 0 Å². The molecule has 1 unspecified atom stereocenters. The number of aryl methyl sites for hydroxylation is 2. The van der Waals surface area contributed by atoms with Crippen molar-refractivity contribution in [1.29, 1.82) is 0 Å². The molecule has 0 bridgehead atoms. The number of nitrogens with one attached hydrogen (secondary N) is 1. The van der Waals surface area contributed by atoms with Crippen LogP contribution in [0.5, 0.6) is 0 Å². The smallest absolute Gasteiger partial charge is 0.245 e. The molecule has 8 heteroatoms. The molecule has 2 heterocycles. The second kappa shape index (κ2) is 5.10. The van der Waals surface area contributed by atoms with Crippen LogP contribution in [0, 0.1) is 19.8 Å². The minimum Gasteiger partial charge on any atom is -0.360 e. The molecule has 1 saturated heterocycles. The van der Waals surface area contributed by atoms with Crippen LogP contribution < -0.4 is 4.72 Å². The molecule has 2 aliphatic rings. The fraction of sp³-hybridized carbons (Fsp3) is 0.692. The van der Waals surface area contributed by atoms with E-state index in [9.17, 15) is 13.2 Å². The average Bonchev–Trinajstić information content (AvgIpc) is 3.09. The summed E-state index contributed by atoms with van der Waals surface area (Å²) in [6, 6.07) is 0.390. The maximum absolute atomic E-state index is 12.3. The Morgan fingerprint density at radius 1 is 1.38 bits per heavy atom. The summed E-state index contributed by atoms with van der Waals surface area (Å²) in [4.78, 5) is 13.8. The van der Waals surface area contributed by atoms with Crippen molar-refractivity contribution >= 4 is 15.9 Å². The lowest BCUT2D eigenvalue weighted by molar-refractivity contribution is -0.128. The largest absolute Gasteiger partial charge is 0.360 e. The predicted molar refractivity (Wildman–Crippen MR) is 74.0 cm³/mol. The SMILES string of the molecule is Cc1noc(C)c1S(=O)(=O)NCC1CC(=O)N(C2CC2)C1. The molecule has 3 rings (SSSR count). The molecule has 2 fully saturated rings. The number of amides is 1. The first-order chi connectivity index (χ1) is 9.88. The van der Waals surface area contributed by atoms with E-state index in [1.807, 2.05) is 4.90 Å². The highest BCUT2D eigenvalue weighted by molar-refractivity contribution is 7.89. The minimum absolute atomic E-state index is 0.0355. The lowest BCUT2D eigenvalue weighted by Gasteiger charge is -2.15. The van der Waals surface area contributed by atoms with Crippen LogP contribution in [0.4, 0.5) is 0 Å². The van der Waals surface area contributed by atoms with E-state index >= 15 is 0 Å². The fourth-order valence-electron chi connectivity index (χ4n) is 2.84. The van der Waals surface area contributed by atoms with Gasteiger partial charge in [0, 0.05) is 25.6 Å². The molecule has 7 nitrogen and oxygen atoms in total. The van der Waals surface area contributed by atoms with Gasteiger partial charge in [-0.05, 0) is 32.6 Å².